The molecule has 6 nitrogen and oxygen atoms in total. The molecular formula is C19H24F2N4O2. The molecule has 0 radical (unpaired) electrons. The molecule has 0 saturated heterocycles. The summed E-state index contributed by atoms with van der Waals surface area (Å²) in [6, 6.07) is 6.52. The summed E-state index contributed by atoms with van der Waals surface area (Å²) in [5.74, 6) is -0.247. The van der Waals surface area contributed by atoms with Crippen molar-refractivity contribution in [2.75, 3.05) is 19.0 Å². The Morgan fingerprint density at radius 3 is 2.19 bits per heavy atom. The van der Waals surface area contributed by atoms with E-state index in [0.29, 0.717) is 5.56 Å². The van der Waals surface area contributed by atoms with Crippen molar-refractivity contribution in [1.82, 2.24) is 15.3 Å². The van der Waals surface area contributed by atoms with Crippen molar-refractivity contribution in [3.05, 3.63) is 57.5 Å². The smallest absolute Gasteiger partial charge is 0.270 e. The molecule has 1 unspecified atom stereocenters. The van der Waals surface area contributed by atoms with Crippen molar-refractivity contribution >= 4 is 11.9 Å². The number of amides is 1. The lowest BCUT2D eigenvalue weighted by Crippen LogP contribution is -2.37. The number of hydrogen-bond donors (Lipinski definition) is 2. The maximum absolute atomic E-state index is 12.8. The summed E-state index contributed by atoms with van der Waals surface area (Å²) in [5, 5.41) is 2.87. The Kier molecular flexibility index (Phi) is 5.98. The fourth-order valence-electron chi connectivity index (χ4n) is 2.61. The lowest BCUT2D eigenvalue weighted by atomic mass is 9.82. The molecule has 2 rings (SSSR count). The molecule has 1 atom stereocenters. The Balaban J connectivity index is 2.34. The third-order valence-electron chi connectivity index (χ3n) is 4.05. The van der Waals surface area contributed by atoms with Gasteiger partial charge in [-0.25, -0.2) is 13.8 Å². The summed E-state index contributed by atoms with van der Waals surface area (Å²) < 4.78 is 25.6. The molecule has 0 aliphatic rings. The van der Waals surface area contributed by atoms with Gasteiger partial charge >= 0.3 is 0 Å². The first-order valence-corrected chi connectivity index (χ1v) is 8.46. The second-order valence-corrected chi connectivity index (χ2v) is 7.59. The topological polar surface area (TPSA) is 78.1 Å². The molecule has 0 aliphatic carbocycles. The van der Waals surface area contributed by atoms with Gasteiger partial charge in [-0.05, 0) is 11.0 Å². The van der Waals surface area contributed by atoms with E-state index in [1.165, 1.54) is 12.1 Å². The standard InChI is InChI=1S/C19H24F2N4O2/c1-19(2,3)15(11-6-8-12(9-7-11)16(20)21)24-17(27)13-10-14(26)23-18(22-13)25(4)5/h6-10,15-16H,1-5H3,(H,24,27)(H,22,23,26). The number of halogens is 2. The number of anilines is 1. The monoisotopic (exact) mass is 378 g/mol. The van der Waals surface area contributed by atoms with Crippen molar-refractivity contribution in [2.45, 2.75) is 33.2 Å². The summed E-state index contributed by atoms with van der Waals surface area (Å²) in [6.07, 6.45) is -2.55. The highest BCUT2D eigenvalue weighted by molar-refractivity contribution is 5.92. The van der Waals surface area contributed by atoms with E-state index < -0.39 is 29.3 Å². The number of alkyl halides is 2. The SMILES string of the molecule is CN(C)c1nc(C(=O)NC(c2ccc(C(F)F)cc2)C(C)(C)C)cc(=O)[nH]1. The van der Waals surface area contributed by atoms with Gasteiger partial charge in [-0.1, -0.05) is 45.0 Å². The van der Waals surface area contributed by atoms with E-state index in [-0.39, 0.29) is 17.2 Å². The Labute approximate surface area is 156 Å². The number of aromatic nitrogens is 2. The van der Waals surface area contributed by atoms with E-state index in [4.69, 9.17) is 0 Å². The zero-order valence-corrected chi connectivity index (χ0v) is 16.0. The summed E-state index contributed by atoms with van der Waals surface area (Å²) in [7, 11) is 3.39. The number of nitrogens with one attached hydrogen (secondary N) is 2. The van der Waals surface area contributed by atoms with E-state index in [9.17, 15) is 18.4 Å². The first-order chi connectivity index (χ1) is 12.5. The molecule has 0 bridgehead atoms. The number of aromatic amines is 1. The average molecular weight is 378 g/mol. The quantitative estimate of drug-likeness (QED) is 0.837. The molecule has 146 valence electrons. The van der Waals surface area contributed by atoms with Crippen molar-refractivity contribution in [3.8, 4) is 0 Å². The van der Waals surface area contributed by atoms with E-state index >= 15 is 0 Å². The first kappa shape index (κ1) is 20.5. The van der Waals surface area contributed by atoms with Crippen LogP contribution in [0.3, 0.4) is 0 Å². The number of rotatable bonds is 5. The van der Waals surface area contributed by atoms with Crippen LogP contribution in [0.2, 0.25) is 0 Å². The predicted octanol–water partition coefficient (Wildman–Crippen LogP) is 3.29. The third kappa shape index (κ3) is 5.12. The van der Waals surface area contributed by atoms with Crippen LogP contribution in [-0.4, -0.2) is 30.0 Å². The molecule has 2 aromatic rings. The minimum Gasteiger partial charge on any atom is -0.348 e. The molecule has 8 heteroatoms. The average Bonchev–Trinajstić information content (AvgIpc) is 2.58. The van der Waals surface area contributed by atoms with E-state index in [2.05, 4.69) is 15.3 Å². The van der Waals surface area contributed by atoms with Crippen molar-refractivity contribution < 1.29 is 13.6 Å². The number of carbonyl (C=O) groups excluding carboxylic acids is 1. The van der Waals surface area contributed by atoms with Gasteiger partial charge in [0, 0.05) is 25.7 Å². The third-order valence-corrected chi connectivity index (χ3v) is 4.05. The van der Waals surface area contributed by atoms with E-state index in [1.54, 1.807) is 31.1 Å². The normalized spacial score (nSPS) is 12.7. The zero-order chi connectivity index (χ0) is 20.4. The minimum atomic E-state index is -2.55. The molecule has 2 N–H and O–H groups in total. The van der Waals surface area contributed by atoms with Gasteiger partial charge in [-0.2, -0.15) is 0 Å². The highest BCUT2D eigenvalue weighted by atomic mass is 19.3. The van der Waals surface area contributed by atoms with Crippen LogP contribution < -0.4 is 15.8 Å². The van der Waals surface area contributed by atoms with Crippen LogP contribution >= 0.6 is 0 Å². The molecule has 1 amide bonds. The lowest BCUT2D eigenvalue weighted by molar-refractivity contribution is 0.0896. The van der Waals surface area contributed by atoms with E-state index in [1.807, 2.05) is 20.8 Å². The first-order valence-electron chi connectivity index (χ1n) is 8.46. The summed E-state index contributed by atoms with van der Waals surface area (Å²) >= 11 is 0. The van der Waals surface area contributed by atoms with Gasteiger partial charge in [0.05, 0.1) is 6.04 Å². The molecule has 1 aromatic heterocycles. The van der Waals surface area contributed by atoms with Crippen molar-refractivity contribution in [1.29, 1.82) is 0 Å². The van der Waals surface area contributed by atoms with Gasteiger partial charge in [-0.15, -0.1) is 0 Å². The second-order valence-electron chi connectivity index (χ2n) is 7.59. The van der Waals surface area contributed by atoms with Crippen LogP contribution in [0.25, 0.3) is 0 Å². The molecular weight excluding hydrogens is 354 g/mol. The highest BCUT2D eigenvalue weighted by Crippen LogP contribution is 2.33. The number of benzene rings is 1. The highest BCUT2D eigenvalue weighted by Gasteiger charge is 2.29. The Morgan fingerprint density at radius 1 is 1.15 bits per heavy atom. The van der Waals surface area contributed by atoms with Crippen LogP contribution in [0.15, 0.2) is 35.1 Å². The largest absolute Gasteiger partial charge is 0.348 e. The van der Waals surface area contributed by atoms with Gasteiger partial charge in [-0.3, -0.25) is 14.6 Å². The van der Waals surface area contributed by atoms with Gasteiger partial charge in [0.1, 0.15) is 5.69 Å². The molecule has 0 spiro atoms. The maximum Gasteiger partial charge on any atom is 0.270 e. The van der Waals surface area contributed by atoms with Crippen LogP contribution in [0.4, 0.5) is 14.7 Å². The maximum atomic E-state index is 12.8. The number of nitrogens with zero attached hydrogens (tertiary/aromatic N) is 2. The fourth-order valence-corrected chi connectivity index (χ4v) is 2.61. The van der Waals surface area contributed by atoms with Crippen molar-refractivity contribution in [2.24, 2.45) is 5.41 Å². The molecule has 0 saturated carbocycles. The zero-order valence-electron chi connectivity index (χ0n) is 16.0. The Bertz CT molecular complexity index is 855. The van der Waals surface area contributed by atoms with Crippen LogP contribution in [0, 0.1) is 5.41 Å². The fraction of sp³-hybridized carbons (Fsp3) is 0.421. The van der Waals surface area contributed by atoms with Crippen LogP contribution in [0.5, 0.6) is 0 Å². The molecule has 1 aromatic carbocycles. The molecule has 27 heavy (non-hydrogen) atoms. The predicted molar refractivity (Wildman–Crippen MR) is 100 cm³/mol. The van der Waals surface area contributed by atoms with E-state index in [0.717, 1.165) is 6.07 Å². The second kappa shape index (κ2) is 7.85. The van der Waals surface area contributed by atoms with Crippen LogP contribution in [-0.2, 0) is 0 Å². The van der Waals surface area contributed by atoms with Gasteiger partial charge < -0.3 is 10.2 Å². The lowest BCUT2D eigenvalue weighted by Gasteiger charge is -2.32. The Morgan fingerprint density at radius 2 is 1.70 bits per heavy atom. The number of H-pyrrole nitrogens is 1. The summed E-state index contributed by atoms with van der Waals surface area (Å²) in [6.45, 7) is 5.78. The Hall–Kier alpha value is -2.77. The van der Waals surface area contributed by atoms with Gasteiger partial charge in [0.2, 0.25) is 5.95 Å². The van der Waals surface area contributed by atoms with Crippen molar-refractivity contribution in [3.63, 3.8) is 0 Å². The number of hydrogen-bond acceptors (Lipinski definition) is 4. The molecule has 0 aliphatic heterocycles. The molecule has 1 heterocycles. The molecule has 0 fully saturated rings. The summed E-state index contributed by atoms with van der Waals surface area (Å²) in [5.41, 5.74) is -0.232. The minimum absolute atomic E-state index is 0.0131. The van der Waals surface area contributed by atoms with Crippen LogP contribution in [0.1, 0.15) is 54.9 Å². The van der Waals surface area contributed by atoms with Gasteiger partial charge in [0.25, 0.3) is 17.9 Å². The summed E-state index contributed by atoms with van der Waals surface area (Å²) in [4.78, 5) is 32.8. The van der Waals surface area contributed by atoms with Gasteiger partial charge in [0.15, 0.2) is 0 Å². The number of carbonyl (C=O) groups is 1.